The van der Waals surface area contributed by atoms with Crippen LogP contribution in [0.2, 0.25) is 0 Å². The van der Waals surface area contributed by atoms with Crippen molar-refractivity contribution in [2.45, 2.75) is 0 Å². The van der Waals surface area contributed by atoms with E-state index in [0.717, 1.165) is 60.9 Å². The molecule has 14 aromatic rings. The van der Waals surface area contributed by atoms with E-state index in [1.807, 2.05) is 17.4 Å². The molecule has 0 amide bonds. The molecule has 0 aliphatic rings. The lowest BCUT2D eigenvalue weighted by Gasteiger charge is -2.14. The number of benzene rings is 10. The van der Waals surface area contributed by atoms with Crippen molar-refractivity contribution in [1.82, 2.24) is 24.1 Å². The molecule has 0 bridgehead atoms. The predicted molar refractivity (Wildman–Crippen MR) is 289 cm³/mol. The SMILES string of the molecule is c1ccc(-c2ccc(-c3nc(-c4ccccc4-c4ccccc4)nc(-n4c5ccccc5c5ccc6c7ccc8c9ccccc9n(-c9ccccc9-c9ccccc9)c8c7sc6c54)n3)cc2)cc1. The lowest BCUT2D eigenvalue weighted by Crippen LogP contribution is -2.07. The second-order valence-electron chi connectivity index (χ2n) is 17.5. The highest BCUT2D eigenvalue weighted by molar-refractivity contribution is 7.27. The second-order valence-corrected chi connectivity index (χ2v) is 18.5. The molecule has 69 heavy (non-hydrogen) atoms. The minimum Gasteiger partial charge on any atom is -0.307 e. The van der Waals surface area contributed by atoms with E-state index in [9.17, 15) is 0 Å². The van der Waals surface area contributed by atoms with Gasteiger partial charge >= 0.3 is 0 Å². The normalized spacial score (nSPS) is 11.8. The Labute approximate surface area is 401 Å². The summed E-state index contributed by atoms with van der Waals surface area (Å²) in [7, 11) is 0. The summed E-state index contributed by atoms with van der Waals surface area (Å²) in [5, 5.41) is 7.16. The number of nitrogens with zero attached hydrogens (tertiary/aromatic N) is 5. The molecule has 5 nitrogen and oxygen atoms in total. The summed E-state index contributed by atoms with van der Waals surface area (Å²) in [4.78, 5) is 16.3. The van der Waals surface area contributed by atoms with Crippen molar-refractivity contribution in [3.05, 3.63) is 237 Å². The van der Waals surface area contributed by atoms with E-state index >= 15 is 0 Å². The van der Waals surface area contributed by atoms with E-state index in [-0.39, 0.29) is 0 Å². The van der Waals surface area contributed by atoms with Gasteiger partial charge in [-0.15, -0.1) is 11.3 Å². The Kier molecular flexibility index (Phi) is 9.00. The minimum atomic E-state index is 0.567. The van der Waals surface area contributed by atoms with Crippen molar-refractivity contribution in [3.8, 4) is 67.8 Å². The lowest BCUT2D eigenvalue weighted by atomic mass is 9.99. The summed E-state index contributed by atoms with van der Waals surface area (Å²) >= 11 is 1.86. The number of hydrogen-bond donors (Lipinski definition) is 0. The van der Waals surface area contributed by atoms with Crippen LogP contribution in [0.3, 0.4) is 0 Å². The Morgan fingerprint density at radius 2 is 0.710 bits per heavy atom. The van der Waals surface area contributed by atoms with E-state index in [2.05, 4.69) is 240 Å². The molecule has 0 radical (unpaired) electrons. The maximum absolute atomic E-state index is 5.50. The van der Waals surface area contributed by atoms with Gasteiger partial charge in [0.2, 0.25) is 5.95 Å². The van der Waals surface area contributed by atoms with E-state index < -0.39 is 0 Å². The van der Waals surface area contributed by atoms with Crippen molar-refractivity contribution in [2.75, 3.05) is 0 Å². The Hall–Kier alpha value is -8.97. The van der Waals surface area contributed by atoms with Crippen molar-refractivity contribution >= 4 is 75.1 Å². The van der Waals surface area contributed by atoms with Crippen LogP contribution in [0.25, 0.3) is 132 Å². The lowest BCUT2D eigenvalue weighted by molar-refractivity contribution is 0.955. The quantitative estimate of drug-likeness (QED) is 0.160. The molecular weight excluding hydrogens is 859 g/mol. The zero-order valence-electron chi connectivity index (χ0n) is 37.2. The third-order valence-corrected chi connectivity index (χ3v) is 14.9. The first-order chi connectivity index (χ1) is 34.2. The average molecular weight is 898 g/mol. The molecule has 0 fully saturated rings. The maximum Gasteiger partial charge on any atom is 0.238 e. The number of aromatic nitrogens is 5. The molecule has 0 aliphatic carbocycles. The van der Waals surface area contributed by atoms with Crippen molar-refractivity contribution in [2.24, 2.45) is 0 Å². The molecule has 0 atom stereocenters. The Morgan fingerprint density at radius 1 is 0.275 bits per heavy atom. The number of para-hydroxylation sites is 3. The highest BCUT2D eigenvalue weighted by Gasteiger charge is 2.25. The van der Waals surface area contributed by atoms with E-state index in [0.29, 0.717) is 17.6 Å². The predicted octanol–water partition coefficient (Wildman–Crippen LogP) is 16.8. The second kappa shape index (κ2) is 15.8. The Balaban J connectivity index is 1.06. The monoisotopic (exact) mass is 897 g/mol. The molecule has 0 spiro atoms. The van der Waals surface area contributed by atoms with Gasteiger partial charge in [-0.2, -0.15) is 9.97 Å². The van der Waals surface area contributed by atoms with Crippen LogP contribution in [0.5, 0.6) is 0 Å². The van der Waals surface area contributed by atoms with Gasteiger partial charge in [0.05, 0.1) is 37.2 Å². The standard InChI is InChI=1S/C63H39N5S/c1-4-18-40(19-5-1)41-32-34-44(35-33-41)61-64-62(53-28-11-10-24-45(53)42-20-6-2-7-21-42)66-63(65-61)68-56-31-17-14-27-48(56)50-37-39-52-51-38-36-49-47-26-13-16-30-55(47)67(57(49)59(51)69-60(52)58(50)68)54-29-15-12-25-46(54)43-22-8-3-9-23-43/h1-39H. The minimum absolute atomic E-state index is 0.567. The van der Waals surface area contributed by atoms with Gasteiger partial charge in [0.25, 0.3) is 0 Å². The van der Waals surface area contributed by atoms with E-state index in [1.54, 1.807) is 0 Å². The third kappa shape index (κ3) is 6.27. The van der Waals surface area contributed by atoms with Crippen LogP contribution in [-0.2, 0) is 0 Å². The average Bonchev–Trinajstić information content (AvgIpc) is 4.10. The Morgan fingerprint density at radius 3 is 1.35 bits per heavy atom. The molecule has 0 unspecified atom stereocenters. The van der Waals surface area contributed by atoms with Crippen LogP contribution in [0.4, 0.5) is 0 Å². The largest absolute Gasteiger partial charge is 0.307 e. The molecular formula is C63H39N5S. The zero-order chi connectivity index (χ0) is 45.4. The van der Waals surface area contributed by atoms with Crippen molar-refractivity contribution in [3.63, 3.8) is 0 Å². The van der Waals surface area contributed by atoms with E-state index in [1.165, 1.54) is 53.1 Å². The Bertz CT molecular complexity index is 4280. The number of fused-ring (bicyclic) bond motifs is 11. The van der Waals surface area contributed by atoms with Gasteiger partial charge in [-0.05, 0) is 46.0 Å². The zero-order valence-corrected chi connectivity index (χ0v) is 38.0. The summed E-state index contributed by atoms with van der Waals surface area (Å²) in [6, 6.07) is 84.2. The molecule has 0 aliphatic heterocycles. The van der Waals surface area contributed by atoms with E-state index in [4.69, 9.17) is 15.0 Å². The van der Waals surface area contributed by atoms with Gasteiger partial charge in [0.15, 0.2) is 11.6 Å². The van der Waals surface area contributed by atoms with Gasteiger partial charge < -0.3 is 4.57 Å². The first kappa shape index (κ1) is 39.2. The highest BCUT2D eigenvalue weighted by Crippen LogP contribution is 2.48. The van der Waals surface area contributed by atoms with Gasteiger partial charge in [-0.25, -0.2) is 4.98 Å². The summed E-state index contributed by atoms with van der Waals surface area (Å²) in [5.74, 6) is 1.78. The smallest absolute Gasteiger partial charge is 0.238 e. The van der Waals surface area contributed by atoms with Crippen LogP contribution in [0.15, 0.2) is 237 Å². The number of thiophene rings is 1. The molecule has 0 saturated heterocycles. The van der Waals surface area contributed by atoms with Crippen LogP contribution in [-0.4, -0.2) is 24.1 Å². The molecule has 4 aromatic heterocycles. The van der Waals surface area contributed by atoms with Crippen LogP contribution < -0.4 is 0 Å². The first-order valence-electron chi connectivity index (χ1n) is 23.3. The van der Waals surface area contributed by atoms with Gasteiger partial charge in [0, 0.05) is 49.0 Å². The number of hydrogen-bond acceptors (Lipinski definition) is 4. The van der Waals surface area contributed by atoms with Gasteiger partial charge in [0.1, 0.15) is 0 Å². The van der Waals surface area contributed by atoms with Crippen molar-refractivity contribution in [1.29, 1.82) is 0 Å². The molecule has 10 aromatic carbocycles. The van der Waals surface area contributed by atoms with Gasteiger partial charge in [-0.1, -0.05) is 218 Å². The topological polar surface area (TPSA) is 48.5 Å². The molecule has 14 rings (SSSR count). The highest BCUT2D eigenvalue weighted by atomic mass is 32.1. The van der Waals surface area contributed by atoms with Crippen LogP contribution in [0, 0.1) is 0 Å². The van der Waals surface area contributed by atoms with Crippen molar-refractivity contribution < 1.29 is 0 Å². The number of rotatable bonds is 7. The fourth-order valence-corrected chi connectivity index (χ4v) is 11.9. The first-order valence-corrected chi connectivity index (χ1v) is 24.1. The fraction of sp³-hybridized carbons (Fsp3) is 0. The molecule has 6 heteroatoms. The molecule has 0 N–H and O–H groups in total. The molecule has 0 saturated carbocycles. The summed E-state index contributed by atoms with van der Waals surface area (Å²) in [6.45, 7) is 0. The van der Waals surface area contributed by atoms with Crippen LogP contribution in [0.1, 0.15) is 0 Å². The van der Waals surface area contributed by atoms with Crippen LogP contribution >= 0.6 is 11.3 Å². The summed E-state index contributed by atoms with van der Waals surface area (Å²) < 4.78 is 7.20. The molecule has 4 heterocycles. The maximum atomic E-state index is 5.50. The fourth-order valence-electron chi connectivity index (χ4n) is 10.5. The summed E-state index contributed by atoms with van der Waals surface area (Å²) in [6.07, 6.45) is 0. The summed E-state index contributed by atoms with van der Waals surface area (Å²) in [5.41, 5.74) is 14.3. The molecule has 322 valence electrons. The van der Waals surface area contributed by atoms with Gasteiger partial charge in [-0.3, -0.25) is 4.57 Å². The third-order valence-electron chi connectivity index (χ3n) is 13.6.